The lowest BCUT2D eigenvalue weighted by atomic mass is 9.98. The average Bonchev–Trinajstić information content (AvgIpc) is 3.15. The third-order valence-corrected chi connectivity index (χ3v) is 4.89. The van der Waals surface area contributed by atoms with Gasteiger partial charge in [0.05, 0.1) is 31.6 Å². The number of amides is 1. The summed E-state index contributed by atoms with van der Waals surface area (Å²) in [5.74, 6) is -0.131. The van der Waals surface area contributed by atoms with Crippen LogP contribution in [0.3, 0.4) is 0 Å². The number of ether oxygens (including phenoxy) is 1. The normalized spacial score (nSPS) is 20.0. The number of morpholine rings is 1. The van der Waals surface area contributed by atoms with Gasteiger partial charge < -0.3 is 14.6 Å². The Morgan fingerprint density at radius 1 is 1.33 bits per heavy atom. The fourth-order valence-electron chi connectivity index (χ4n) is 3.47. The highest BCUT2D eigenvalue weighted by Gasteiger charge is 2.32. The zero-order chi connectivity index (χ0) is 19.0. The van der Waals surface area contributed by atoms with Gasteiger partial charge in [-0.2, -0.15) is 0 Å². The largest absolute Gasteiger partial charge is 0.377 e. The number of carbonyl (C=O) groups is 1. The molecule has 1 aliphatic rings. The van der Waals surface area contributed by atoms with Gasteiger partial charge in [0.15, 0.2) is 5.65 Å². The van der Waals surface area contributed by atoms with E-state index in [4.69, 9.17) is 16.3 Å². The van der Waals surface area contributed by atoms with Crippen molar-refractivity contribution in [3.05, 3.63) is 54.1 Å². The van der Waals surface area contributed by atoms with Crippen molar-refractivity contribution in [3.63, 3.8) is 0 Å². The van der Waals surface area contributed by atoms with Crippen LogP contribution in [0, 0.1) is 0 Å². The van der Waals surface area contributed by atoms with Crippen LogP contribution in [0.4, 0.5) is 0 Å². The molecule has 3 heterocycles. The molecule has 0 radical (unpaired) electrons. The lowest BCUT2D eigenvalue weighted by molar-refractivity contribution is -0.140. The number of benzene rings is 1. The highest BCUT2D eigenvalue weighted by molar-refractivity contribution is 6.31. The molecular formula is C19H18ClN5O2. The van der Waals surface area contributed by atoms with Gasteiger partial charge in [0.25, 0.3) is 0 Å². The second-order valence-corrected chi connectivity index (χ2v) is 6.88. The number of aromatic amines is 1. The predicted octanol–water partition coefficient (Wildman–Crippen LogP) is 3.15. The highest BCUT2D eigenvalue weighted by Crippen LogP contribution is 2.34. The highest BCUT2D eigenvalue weighted by atomic mass is 35.5. The van der Waals surface area contributed by atoms with Gasteiger partial charge in [0.2, 0.25) is 5.91 Å². The first kappa shape index (κ1) is 17.6. The zero-order valence-electron chi connectivity index (χ0n) is 14.7. The molecule has 2 aromatic heterocycles. The fraction of sp³-hybridized carbons (Fsp3) is 0.263. The number of H-pyrrole nitrogens is 1. The summed E-state index contributed by atoms with van der Waals surface area (Å²) in [6, 6.07) is 5.33. The van der Waals surface area contributed by atoms with Gasteiger partial charge in [-0.15, -0.1) is 0 Å². The Labute approximate surface area is 161 Å². The van der Waals surface area contributed by atoms with Crippen LogP contribution in [-0.2, 0) is 9.53 Å². The number of aromatic nitrogens is 4. The molecule has 0 aliphatic carbocycles. The summed E-state index contributed by atoms with van der Waals surface area (Å²) < 4.78 is 5.70. The molecule has 0 bridgehead atoms. The molecule has 1 aromatic carbocycles. The molecule has 7 nitrogen and oxygen atoms in total. The van der Waals surface area contributed by atoms with E-state index < -0.39 is 0 Å². The summed E-state index contributed by atoms with van der Waals surface area (Å²) in [5, 5.41) is 0.550. The SMILES string of the molecule is C=CC(=O)N1[C@H](C)COC[C@H]1c1cc(Cl)cc(-c2ncnc3[nH]cnc23)c1. The maximum Gasteiger partial charge on any atom is 0.246 e. The van der Waals surface area contributed by atoms with Gasteiger partial charge in [0, 0.05) is 10.6 Å². The van der Waals surface area contributed by atoms with Gasteiger partial charge in [0.1, 0.15) is 17.5 Å². The van der Waals surface area contributed by atoms with E-state index in [-0.39, 0.29) is 18.0 Å². The second kappa shape index (κ2) is 7.09. The fourth-order valence-corrected chi connectivity index (χ4v) is 3.71. The van der Waals surface area contributed by atoms with Crippen LogP contribution in [0.15, 0.2) is 43.5 Å². The molecule has 0 unspecified atom stereocenters. The van der Waals surface area contributed by atoms with Gasteiger partial charge in [-0.3, -0.25) is 4.79 Å². The van der Waals surface area contributed by atoms with Gasteiger partial charge in [-0.25, -0.2) is 15.0 Å². The summed E-state index contributed by atoms with van der Waals surface area (Å²) in [6.45, 7) is 6.46. The molecule has 8 heteroatoms. The number of nitrogens with zero attached hydrogens (tertiary/aromatic N) is 4. The first-order valence-electron chi connectivity index (χ1n) is 8.56. The smallest absolute Gasteiger partial charge is 0.246 e. The van der Waals surface area contributed by atoms with Crippen molar-refractivity contribution in [3.8, 4) is 11.3 Å². The number of imidazole rings is 1. The van der Waals surface area contributed by atoms with Crippen LogP contribution in [0.5, 0.6) is 0 Å². The van der Waals surface area contributed by atoms with Crippen LogP contribution >= 0.6 is 11.6 Å². The quantitative estimate of drug-likeness (QED) is 0.702. The maximum absolute atomic E-state index is 12.4. The standard InChI is InChI=1S/C19H18ClN5O2/c1-3-16(26)25-11(2)7-27-8-15(25)12-4-13(6-14(20)5-12)17-18-19(23-9-21-17)24-10-22-18/h3-6,9-11,15H,1,7-8H2,2H3,(H,21,22,23,24)/t11-,15+/m1/s1. The first-order valence-corrected chi connectivity index (χ1v) is 8.93. The molecule has 27 heavy (non-hydrogen) atoms. The van der Waals surface area contributed by atoms with Crippen LogP contribution in [0.25, 0.3) is 22.4 Å². The number of hydrogen-bond donors (Lipinski definition) is 1. The molecular weight excluding hydrogens is 366 g/mol. The number of nitrogens with one attached hydrogen (secondary N) is 1. The topological polar surface area (TPSA) is 84.0 Å². The molecule has 1 saturated heterocycles. The molecule has 138 valence electrons. The predicted molar refractivity (Wildman–Crippen MR) is 102 cm³/mol. The van der Waals surface area contributed by atoms with Crippen LogP contribution in [-0.4, -0.2) is 50.0 Å². The van der Waals surface area contributed by atoms with Gasteiger partial charge in [-0.05, 0) is 36.8 Å². The van der Waals surface area contributed by atoms with Gasteiger partial charge in [-0.1, -0.05) is 18.2 Å². The molecule has 1 fully saturated rings. The summed E-state index contributed by atoms with van der Waals surface area (Å²) >= 11 is 6.41. The molecule has 3 aromatic rings. The van der Waals surface area contributed by atoms with E-state index in [0.29, 0.717) is 35.1 Å². The summed E-state index contributed by atoms with van der Waals surface area (Å²) in [4.78, 5) is 30.1. The van der Waals surface area contributed by atoms with E-state index in [1.54, 1.807) is 11.2 Å². The van der Waals surface area contributed by atoms with Crippen molar-refractivity contribution < 1.29 is 9.53 Å². The van der Waals surface area contributed by atoms with Gasteiger partial charge >= 0.3 is 0 Å². The summed E-state index contributed by atoms with van der Waals surface area (Å²) in [7, 11) is 0. The minimum Gasteiger partial charge on any atom is -0.377 e. The molecule has 0 spiro atoms. The van der Waals surface area contributed by atoms with Crippen molar-refractivity contribution in [1.29, 1.82) is 0 Å². The maximum atomic E-state index is 12.4. The Hall–Kier alpha value is -2.77. The Morgan fingerprint density at radius 2 is 2.19 bits per heavy atom. The molecule has 1 amide bonds. The Kier molecular flexibility index (Phi) is 4.63. The number of fused-ring (bicyclic) bond motifs is 1. The van der Waals surface area contributed by atoms with Crippen LogP contribution < -0.4 is 0 Å². The second-order valence-electron chi connectivity index (χ2n) is 6.45. The Balaban J connectivity index is 1.81. The average molecular weight is 384 g/mol. The van der Waals surface area contributed by atoms with Crippen molar-refractivity contribution >= 4 is 28.7 Å². The van der Waals surface area contributed by atoms with Crippen molar-refractivity contribution in [2.45, 2.75) is 19.0 Å². The zero-order valence-corrected chi connectivity index (χ0v) is 15.5. The van der Waals surface area contributed by atoms with Crippen LogP contribution in [0.1, 0.15) is 18.5 Å². The lowest BCUT2D eigenvalue weighted by Crippen LogP contribution is -2.48. The molecule has 1 N–H and O–H groups in total. The van der Waals surface area contributed by atoms with Crippen molar-refractivity contribution in [2.24, 2.45) is 0 Å². The Morgan fingerprint density at radius 3 is 3.00 bits per heavy atom. The number of carbonyl (C=O) groups excluding carboxylic acids is 1. The summed E-state index contributed by atoms with van der Waals surface area (Å²) in [5.41, 5.74) is 3.68. The van der Waals surface area contributed by atoms with E-state index in [2.05, 4.69) is 26.5 Å². The van der Waals surface area contributed by atoms with E-state index in [1.807, 2.05) is 25.1 Å². The third-order valence-electron chi connectivity index (χ3n) is 4.67. The van der Waals surface area contributed by atoms with E-state index in [1.165, 1.54) is 12.4 Å². The minimum absolute atomic E-state index is 0.0613. The number of rotatable bonds is 3. The molecule has 4 rings (SSSR count). The molecule has 1 aliphatic heterocycles. The number of hydrogen-bond acceptors (Lipinski definition) is 5. The minimum atomic E-state index is -0.256. The van der Waals surface area contributed by atoms with Crippen LogP contribution in [0.2, 0.25) is 5.02 Å². The van der Waals surface area contributed by atoms with Crippen molar-refractivity contribution in [2.75, 3.05) is 13.2 Å². The van der Waals surface area contributed by atoms with E-state index in [0.717, 1.165) is 11.1 Å². The monoisotopic (exact) mass is 383 g/mol. The van der Waals surface area contributed by atoms with Crippen molar-refractivity contribution in [1.82, 2.24) is 24.8 Å². The lowest BCUT2D eigenvalue weighted by Gasteiger charge is -2.40. The number of halogens is 1. The Bertz CT molecular complexity index is 1020. The van der Waals surface area contributed by atoms with E-state index in [9.17, 15) is 4.79 Å². The first-order chi connectivity index (χ1) is 13.1. The summed E-state index contributed by atoms with van der Waals surface area (Å²) in [6.07, 6.45) is 4.39. The van der Waals surface area contributed by atoms with E-state index >= 15 is 0 Å². The molecule has 0 saturated carbocycles. The molecule has 2 atom stereocenters. The third kappa shape index (κ3) is 3.20.